The summed E-state index contributed by atoms with van der Waals surface area (Å²) in [6.07, 6.45) is 1.74. The second kappa shape index (κ2) is 13.0. The molecule has 0 spiro atoms. The number of benzene rings is 2. The van der Waals surface area contributed by atoms with E-state index in [1.54, 1.807) is 62.6 Å². The van der Waals surface area contributed by atoms with Crippen LogP contribution >= 0.6 is 11.6 Å². The largest absolute Gasteiger partial charge is 0.497 e. The van der Waals surface area contributed by atoms with E-state index in [1.807, 2.05) is 12.1 Å². The minimum atomic E-state index is -1.07. The Kier molecular flexibility index (Phi) is 8.95. The summed E-state index contributed by atoms with van der Waals surface area (Å²) in [6.45, 7) is 2.57. The molecule has 12 heteroatoms. The topological polar surface area (TPSA) is 125 Å². The number of nitrogens with one attached hydrogen (secondary N) is 1. The molecule has 0 radical (unpaired) electrons. The van der Waals surface area contributed by atoms with Gasteiger partial charge in [0.05, 0.1) is 13.2 Å². The highest BCUT2D eigenvalue weighted by Crippen LogP contribution is 2.28. The monoisotopic (exact) mass is 578 g/mol. The maximum Gasteiger partial charge on any atom is 0.250 e. The number of hydrogen-bond acceptors (Lipinski definition) is 8. The Labute approximate surface area is 242 Å². The van der Waals surface area contributed by atoms with Crippen molar-refractivity contribution in [3.05, 3.63) is 82.8 Å². The average molecular weight is 579 g/mol. The fourth-order valence-corrected chi connectivity index (χ4v) is 4.85. The predicted octanol–water partition coefficient (Wildman–Crippen LogP) is 3.97. The maximum atomic E-state index is 13.9. The van der Waals surface area contributed by atoms with Crippen LogP contribution in [-0.4, -0.2) is 63.3 Å². The molecule has 11 nitrogen and oxygen atoms in total. The Balaban J connectivity index is 1.43. The molecule has 3 heterocycles. The van der Waals surface area contributed by atoms with Crippen molar-refractivity contribution in [2.45, 2.75) is 45.0 Å². The number of amides is 2. The van der Waals surface area contributed by atoms with E-state index in [4.69, 9.17) is 25.5 Å². The molecule has 41 heavy (non-hydrogen) atoms. The third-order valence-electron chi connectivity index (χ3n) is 6.82. The first-order chi connectivity index (χ1) is 19.9. The number of furan rings is 1. The highest BCUT2D eigenvalue weighted by molar-refractivity contribution is 6.31. The van der Waals surface area contributed by atoms with Crippen LogP contribution in [0.25, 0.3) is 11.4 Å². The second-order valence-electron chi connectivity index (χ2n) is 9.72. The molecule has 0 aliphatic carbocycles. The van der Waals surface area contributed by atoms with Crippen LogP contribution < -0.4 is 10.1 Å². The molecule has 1 fully saturated rings. The number of carbonyl (C=O) groups excluding carboxylic acids is 2. The minimum Gasteiger partial charge on any atom is -0.497 e. The Bertz CT molecular complexity index is 1480. The number of ether oxygens (including phenoxy) is 2. The lowest BCUT2D eigenvalue weighted by atomic mass is 10.1. The lowest BCUT2D eigenvalue weighted by molar-refractivity contribution is -0.143. The molecule has 0 unspecified atom stereocenters. The third-order valence-corrected chi connectivity index (χ3v) is 7.18. The fourth-order valence-electron chi connectivity index (χ4n) is 4.65. The number of tetrazole rings is 1. The van der Waals surface area contributed by atoms with E-state index in [2.05, 4.69) is 20.7 Å². The van der Waals surface area contributed by atoms with Crippen molar-refractivity contribution in [1.29, 1.82) is 0 Å². The van der Waals surface area contributed by atoms with Crippen molar-refractivity contribution < 1.29 is 23.5 Å². The van der Waals surface area contributed by atoms with Crippen molar-refractivity contribution in [3.8, 4) is 17.1 Å². The average Bonchev–Trinajstić information content (AvgIpc) is 3.76. The van der Waals surface area contributed by atoms with Crippen molar-refractivity contribution in [1.82, 2.24) is 30.4 Å². The highest BCUT2D eigenvalue weighted by atomic mass is 35.5. The van der Waals surface area contributed by atoms with Gasteiger partial charge in [-0.3, -0.25) is 9.59 Å². The fraction of sp³-hybridized carbons (Fsp3) is 0.345. The molecule has 1 aliphatic heterocycles. The quantitative estimate of drug-likeness (QED) is 0.283. The Morgan fingerprint density at radius 3 is 2.66 bits per heavy atom. The number of aryl methyl sites for hydroxylation is 1. The molecule has 214 valence electrons. The molecule has 0 saturated carbocycles. The Morgan fingerprint density at radius 1 is 1.17 bits per heavy atom. The van der Waals surface area contributed by atoms with Crippen LogP contribution in [0.1, 0.15) is 36.0 Å². The number of methoxy groups -OCH3 is 1. The molecule has 2 aromatic carbocycles. The van der Waals surface area contributed by atoms with Gasteiger partial charge in [0.1, 0.15) is 23.8 Å². The van der Waals surface area contributed by atoms with Crippen molar-refractivity contribution in [2.75, 3.05) is 20.3 Å². The highest BCUT2D eigenvalue weighted by Gasteiger charge is 2.35. The normalized spacial score (nSPS) is 15.4. The summed E-state index contributed by atoms with van der Waals surface area (Å²) in [5, 5.41) is 16.0. The van der Waals surface area contributed by atoms with Gasteiger partial charge < -0.3 is 24.1 Å². The van der Waals surface area contributed by atoms with E-state index in [9.17, 15) is 9.59 Å². The van der Waals surface area contributed by atoms with Gasteiger partial charge in [0, 0.05) is 30.3 Å². The van der Waals surface area contributed by atoms with E-state index in [1.165, 1.54) is 9.70 Å². The lowest BCUT2D eigenvalue weighted by Gasteiger charge is -2.30. The predicted molar refractivity (Wildman–Crippen MR) is 150 cm³/mol. The van der Waals surface area contributed by atoms with Crippen LogP contribution in [0, 0.1) is 6.92 Å². The summed E-state index contributed by atoms with van der Waals surface area (Å²) >= 11 is 6.48. The third kappa shape index (κ3) is 6.93. The summed E-state index contributed by atoms with van der Waals surface area (Å²) in [5.74, 6) is 1.19. The Hall–Kier alpha value is -4.22. The van der Waals surface area contributed by atoms with Gasteiger partial charge in [-0.15, -0.1) is 10.2 Å². The lowest BCUT2D eigenvalue weighted by Crippen LogP contribution is -2.46. The first kappa shape index (κ1) is 28.3. The van der Waals surface area contributed by atoms with Crippen LogP contribution in [0.4, 0.5) is 0 Å². The standard InChI is InChI=1S/C29H31ClN6O5/c1-19-9-14-25(41-19)27(29(38)31-16-23-7-5-15-40-23)35(17-21-6-3-4-8-24(21)30)26(37)18-36-33-28(32-34-36)20-10-12-22(39-2)13-11-20/h3-4,6,8-14,23,27H,5,7,15-18H2,1-2H3,(H,31,38)/t23-,27-/m1/s1. The molecule has 2 aromatic heterocycles. The maximum absolute atomic E-state index is 13.9. The van der Waals surface area contributed by atoms with Crippen molar-refractivity contribution in [3.63, 3.8) is 0 Å². The summed E-state index contributed by atoms with van der Waals surface area (Å²) < 4.78 is 16.8. The van der Waals surface area contributed by atoms with Crippen molar-refractivity contribution >= 4 is 23.4 Å². The number of hydrogen-bond donors (Lipinski definition) is 1. The van der Waals surface area contributed by atoms with Crippen molar-refractivity contribution in [2.24, 2.45) is 0 Å². The first-order valence-electron chi connectivity index (χ1n) is 13.3. The molecule has 5 rings (SSSR count). The number of carbonyl (C=O) groups is 2. The van der Waals surface area contributed by atoms with Gasteiger partial charge in [0.15, 0.2) is 6.04 Å². The van der Waals surface area contributed by atoms with Gasteiger partial charge >= 0.3 is 0 Å². The zero-order valence-electron chi connectivity index (χ0n) is 22.8. The molecule has 1 saturated heterocycles. The van der Waals surface area contributed by atoms with E-state index >= 15 is 0 Å². The first-order valence-corrected chi connectivity index (χ1v) is 13.7. The van der Waals surface area contributed by atoms with E-state index in [0.717, 1.165) is 18.4 Å². The molecule has 2 amide bonds. The van der Waals surface area contributed by atoms with Crippen LogP contribution in [0.15, 0.2) is 65.1 Å². The van der Waals surface area contributed by atoms with Crippen LogP contribution in [0.3, 0.4) is 0 Å². The van der Waals surface area contributed by atoms with Crippen LogP contribution in [-0.2, 0) is 27.4 Å². The molecule has 2 atom stereocenters. The van der Waals surface area contributed by atoms with Crippen LogP contribution in [0.2, 0.25) is 5.02 Å². The summed E-state index contributed by atoms with van der Waals surface area (Å²) in [5.41, 5.74) is 1.39. The van der Waals surface area contributed by atoms with E-state index in [0.29, 0.717) is 46.8 Å². The number of halogens is 1. The summed E-state index contributed by atoms with van der Waals surface area (Å²) in [7, 11) is 1.59. The molecule has 1 aliphatic rings. The smallest absolute Gasteiger partial charge is 0.250 e. The summed E-state index contributed by atoms with van der Waals surface area (Å²) in [4.78, 5) is 30.3. The molecule has 0 bridgehead atoms. The zero-order valence-corrected chi connectivity index (χ0v) is 23.6. The van der Waals surface area contributed by atoms with Crippen LogP contribution in [0.5, 0.6) is 5.75 Å². The molecule has 1 N–H and O–H groups in total. The number of aromatic nitrogens is 4. The molecule has 4 aromatic rings. The Morgan fingerprint density at radius 2 is 1.98 bits per heavy atom. The summed E-state index contributed by atoms with van der Waals surface area (Å²) in [6, 6.07) is 16.8. The molecular formula is C29H31ClN6O5. The van der Waals surface area contributed by atoms with Gasteiger partial charge in [-0.1, -0.05) is 29.8 Å². The van der Waals surface area contributed by atoms with Gasteiger partial charge in [-0.2, -0.15) is 4.80 Å². The number of nitrogens with zero attached hydrogens (tertiary/aromatic N) is 5. The van der Waals surface area contributed by atoms with Gasteiger partial charge in [0.25, 0.3) is 5.91 Å². The minimum absolute atomic E-state index is 0.0519. The van der Waals surface area contributed by atoms with E-state index in [-0.39, 0.29) is 25.1 Å². The molecular weight excluding hydrogens is 548 g/mol. The SMILES string of the molecule is COc1ccc(-c2nnn(CC(=O)N(Cc3ccccc3Cl)[C@@H](C(=O)NC[C@H]3CCCO3)c3ccc(C)o3)n2)cc1. The van der Waals surface area contributed by atoms with E-state index < -0.39 is 11.9 Å². The zero-order chi connectivity index (χ0) is 28.8. The second-order valence-corrected chi connectivity index (χ2v) is 10.1. The van der Waals surface area contributed by atoms with Gasteiger partial charge in [-0.25, -0.2) is 0 Å². The number of rotatable bonds is 11. The van der Waals surface area contributed by atoms with Gasteiger partial charge in [-0.05, 0) is 73.0 Å². The van der Waals surface area contributed by atoms with Gasteiger partial charge in [0.2, 0.25) is 11.7 Å².